The van der Waals surface area contributed by atoms with Gasteiger partial charge in [0.25, 0.3) is 0 Å². The number of amides is 1. The molecule has 0 radical (unpaired) electrons. The molecule has 0 unspecified atom stereocenters. The topological polar surface area (TPSA) is 92.9 Å². The second-order valence-electron chi connectivity index (χ2n) is 5.17. The van der Waals surface area contributed by atoms with E-state index in [0.717, 1.165) is 24.2 Å². The molecule has 6 nitrogen and oxygen atoms in total. The van der Waals surface area contributed by atoms with Crippen molar-refractivity contribution < 1.29 is 4.79 Å². The number of nitrogens with two attached hydrogens (primary N) is 1. The van der Waals surface area contributed by atoms with Gasteiger partial charge in [0.2, 0.25) is 5.91 Å². The first-order valence-electron chi connectivity index (χ1n) is 6.71. The summed E-state index contributed by atoms with van der Waals surface area (Å²) in [6, 6.07) is 0. The summed E-state index contributed by atoms with van der Waals surface area (Å²) in [5, 5.41) is 6.11. The van der Waals surface area contributed by atoms with Crippen LogP contribution >= 0.6 is 0 Å². The Morgan fingerprint density at radius 2 is 2.16 bits per heavy atom. The van der Waals surface area contributed by atoms with E-state index in [4.69, 9.17) is 5.73 Å². The van der Waals surface area contributed by atoms with E-state index in [1.165, 1.54) is 6.33 Å². The molecule has 1 aromatic heterocycles. The molecule has 0 atom stereocenters. The van der Waals surface area contributed by atoms with Crippen LogP contribution in [0.5, 0.6) is 0 Å². The van der Waals surface area contributed by atoms with Crippen LogP contribution in [-0.2, 0) is 4.79 Å². The number of nitrogens with one attached hydrogen (secondary N) is 2. The van der Waals surface area contributed by atoms with Gasteiger partial charge < -0.3 is 16.4 Å². The predicted octanol–water partition coefficient (Wildman–Crippen LogP) is 1.12. The lowest BCUT2D eigenvalue weighted by Gasteiger charge is -2.15. The molecule has 1 aromatic rings. The first-order chi connectivity index (χ1) is 9.09. The van der Waals surface area contributed by atoms with Gasteiger partial charge in [0.15, 0.2) is 0 Å². The lowest BCUT2D eigenvalue weighted by Crippen LogP contribution is -2.30. The fraction of sp³-hybridized carbons (Fsp3) is 0.615. The zero-order valence-corrected chi connectivity index (χ0v) is 11.4. The molecule has 104 valence electrons. The number of aromatic nitrogens is 2. The fourth-order valence-corrected chi connectivity index (χ4v) is 1.98. The van der Waals surface area contributed by atoms with E-state index >= 15 is 0 Å². The van der Waals surface area contributed by atoms with Crippen LogP contribution in [0.25, 0.3) is 0 Å². The summed E-state index contributed by atoms with van der Waals surface area (Å²) in [6.07, 6.45) is 3.50. The molecular weight excluding hydrogens is 242 g/mol. The monoisotopic (exact) mass is 263 g/mol. The minimum Gasteiger partial charge on any atom is -0.383 e. The lowest BCUT2D eigenvalue weighted by molar-refractivity contribution is -0.122. The third kappa shape index (κ3) is 3.56. The van der Waals surface area contributed by atoms with Crippen LogP contribution < -0.4 is 16.4 Å². The number of carbonyl (C=O) groups is 1. The Balaban J connectivity index is 1.85. The first kappa shape index (κ1) is 13.6. The van der Waals surface area contributed by atoms with Crippen LogP contribution in [0.2, 0.25) is 0 Å². The average Bonchev–Trinajstić information content (AvgIpc) is 3.18. The highest BCUT2D eigenvalue weighted by Gasteiger charge is 2.28. The summed E-state index contributed by atoms with van der Waals surface area (Å²) in [7, 11) is 0. The van der Waals surface area contributed by atoms with Gasteiger partial charge >= 0.3 is 0 Å². The van der Waals surface area contributed by atoms with Gasteiger partial charge in [0, 0.05) is 24.6 Å². The van der Waals surface area contributed by atoms with Gasteiger partial charge in [-0.3, -0.25) is 4.79 Å². The maximum Gasteiger partial charge on any atom is 0.223 e. The quantitative estimate of drug-likeness (QED) is 0.669. The van der Waals surface area contributed by atoms with E-state index in [-0.39, 0.29) is 17.7 Å². The van der Waals surface area contributed by atoms with Gasteiger partial charge in [-0.05, 0) is 18.8 Å². The standard InChI is InChI=1S/C13H21N5O/c1-8(2)10-11(14)17-7-18-12(10)15-5-6-16-13(19)9-3-4-9/h7-9H,3-6H2,1-2H3,(H,16,19)(H3,14,15,17,18). The smallest absolute Gasteiger partial charge is 0.223 e. The SMILES string of the molecule is CC(C)c1c(N)ncnc1NCCNC(=O)C1CC1. The van der Waals surface area contributed by atoms with Crippen LogP contribution in [0, 0.1) is 5.92 Å². The van der Waals surface area contributed by atoms with Crippen LogP contribution in [0.15, 0.2) is 6.33 Å². The molecule has 0 aliphatic heterocycles. The summed E-state index contributed by atoms with van der Waals surface area (Å²) < 4.78 is 0. The summed E-state index contributed by atoms with van der Waals surface area (Å²) in [5.41, 5.74) is 6.79. The van der Waals surface area contributed by atoms with Gasteiger partial charge in [-0.1, -0.05) is 13.8 Å². The molecule has 0 bridgehead atoms. The van der Waals surface area contributed by atoms with Crippen LogP contribution in [0.3, 0.4) is 0 Å². The number of rotatable bonds is 6. The highest BCUT2D eigenvalue weighted by Crippen LogP contribution is 2.28. The Labute approximate surface area is 113 Å². The predicted molar refractivity (Wildman–Crippen MR) is 74.8 cm³/mol. The van der Waals surface area contributed by atoms with E-state index in [9.17, 15) is 4.79 Å². The second-order valence-corrected chi connectivity index (χ2v) is 5.17. The summed E-state index contributed by atoms with van der Waals surface area (Å²) in [6.45, 7) is 5.33. The van der Waals surface area contributed by atoms with Crippen molar-refractivity contribution in [2.24, 2.45) is 5.92 Å². The van der Waals surface area contributed by atoms with Gasteiger partial charge in [-0.25, -0.2) is 9.97 Å². The van der Waals surface area contributed by atoms with E-state index < -0.39 is 0 Å². The molecule has 1 aliphatic rings. The highest BCUT2D eigenvalue weighted by molar-refractivity contribution is 5.80. The zero-order chi connectivity index (χ0) is 13.8. The average molecular weight is 263 g/mol. The maximum atomic E-state index is 11.5. The molecule has 1 aliphatic carbocycles. The van der Waals surface area contributed by atoms with Crippen molar-refractivity contribution in [2.75, 3.05) is 24.1 Å². The van der Waals surface area contributed by atoms with Gasteiger partial charge in [-0.15, -0.1) is 0 Å². The summed E-state index contributed by atoms with van der Waals surface area (Å²) in [4.78, 5) is 19.7. The van der Waals surface area contributed by atoms with E-state index in [0.29, 0.717) is 18.9 Å². The molecular formula is C13H21N5O. The number of carbonyl (C=O) groups excluding carboxylic acids is 1. The summed E-state index contributed by atoms with van der Waals surface area (Å²) >= 11 is 0. The van der Waals surface area contributed by atoms with E-state index in [2.05, 4.69) is 34.4 Å². The molecule has 4 N–H and O–H groups in total. The van der Waals surface area contributed by atoms with Gasteiger partial charge in [0.05, 0.1) is 0 Å². The largest absolute Gasteiger partial charge is 0.383 e. The molecule has 1 saturated carbocycles. The van der Waals surface area contributed by atoms with Crippen molar-refractivity contribution in [3.05, 3.63) is 11.9 Å². The Morgan fingerprint density at radius 1 is 1.42 bits per heavy atom. The van der Waals surface area contributed by atoms with Crippen molar-refractivity contribution >= 4 is 17.5 Å². The Morgan fingerprint density at radius 3 is 2.79 bits per heavy atom. The number of hydrogen-bond donors (Lipinski definition) is 3. The zero-order valence-electron chi connectivity index (χ0n) is 11.4. The Bertz CT molecular complexity index is 456. The van der Waals surface area contributed by atoms with E-state index in [1.807, 2.05) is 0 Å². The Hall–Kier alpha value is -1.85. The van der Waals surface area contributed by atoms with Gasteiger partial charge in [-0.2, -0.15) is 0 Å². The molecule has 0 aromatic carbocycles. The Kier molecular flexibility index (Phi) is 4.19. The van der Waals surface area contributed by atoms with Crippen molar-refractivity contribution in [3.8, 4) is 0 Å². The third-order valence-corrected chi connectivity index (χ3v) is 3.16. The molecule has 1 amide bonds. The first-order valence-corrected chi connectivity index (χ1v) is 6.71. The molecule has 1 heterocycles. The van der Waals surface area contributed by atoms with Crippen LogP contribution in [0.4, 0.5) is 11.6 Å². The lowest BCUT2D eigenvalue weighted by atomic mass is 10.0. The molecule has 2 rings (SSSR count). The van der Waals surface area contributed by atoms with Crippen LogP contribution in [-0.4, -0.2) is 29.0 Å². The molecule has 0 saturated heterocycles. The van der Waals surface area contributed by atoms with Crippen molar-refractivity contribution in [1.29, 1.82) is 0 Å². The van der Waals surface area contributed by atoms with Crippen LogP contribution in [0.1, 0.15) is 38.2 Å². The minimum atomic E-state index is 0.160. The maximum absolute atomic E-state index is 11.5. The number of nitrogen functional groups attached to an aromatic ring is 1. The number of anilines is 2. The number of hydrogen-bond acceptors (Lipinski definition) is 5. The number of nitrogens with zero attached hydrogens (tertiary/aromatic N) is 2. The van der Waals surface area contributed by atoms with Crippen molar-refractivity contribution in [1.82, 2.24) is 15.3 Å². The van der Waals surface area contributed by atoms with Crippen molar-refractivity contribution in [3.63, 3.8) is 0 Å². The second kappa shape index (κ2) is 5.86. The fourth-order valence-electron chi connectivity index (χ4n) is 1.98. The molecule has 6 heteroatoms. The molecule has 1 fully saturated rings. The highest BCUT2D eigenvalue weighted by atomic mass is 16.2. The molecule has 19 heavy (non-hydrogen) atoms. The minimum absolute atomic E-state index is 0.160. The van der Waals surface area contributed by atoms with Crippen molar-refractivity contribution in [2.45, 2.75) is 32.6 Å². The normalized spacial score (nSPS) is 14.5. The van der Waals surface area contributed by atoms with E-state index in [1.54, 1.807) is 0 Å². The van der Waals surface area contributed by atoms with Gasteiger partial charge in [0.1, 0.15) is 18.0 Å². The summed E-state index contributed by atoms with van der Waals surface area (Å²) in [5.74, 6) is 1.93. The molecule has 0 spiro atoms. The third-order valence-electron chi connectivity index (χ3n) is 3.16.